The molecule has 1 fully saturated rings. The predicted octanol–water partition coefficient (Wildman–Crippen LogP) is 3.30. The zero-order chi connectivity index (χ0) is 19.8. The summed E-state index contributed by atoms with van der Waals surface area (Å²) in [5, 5.41) is 11.2. The third-order valence-corrected chi connectivity index (χ3v) is 4.68. The summed E-state index contributed by atoms with van der Waals surface area (Å²) in [5.41, 5.74) is 1.23. The van der Waals surface area contributed by atoms with Crippen LogP contribution in [0.5, 0.6) is 0 Å². The molecule has 0 atom stereocenters. The van der Waals surface area contributed by atoms with Crippen molar-refractivity contribution < 1.29 is 4.79 Å². The monoisotopic (exact) mass is 379 g/mol. The molecule has 0 aliphatic carbocycles. The van der Waals surface area contributed by atoms with Crippen LogP contribution in [0.3, 0.4) is 0 Å². The summed E-state index contributed by atoms with van der Waals surface area (Å²) < 4.78 is 0. The fraction of sp³-hybridized carbons (Fsp3) is 0.409. The molecule has 0 saturated carbocycles. The second-order valence-corrected chi connectivity index (χ2v) is 7.52. The predicted molar refractivity (Wildman–Crippen MR) is 114 cm³/mol. The molecule has 0 unspecified atom stereocenters. The number of amides is 1. The van der Waals surface area contributed by atoms with Crippen molar-refractivity contribution in [1.29, 1.82) is 0 Å². The van der Waals surface area contributed by atoms with Crippen molar-refractivity contribution >= 4 is 23.6 Å². The van der Waals surface area contributed by atoms with Gasteiger partial charge < -0.3 is 10.2 Å². The summed E-state index contributed by atoms with van der Waals surface area (Å²) in [5.74, 6) is 1.68. The van der Waals surface area contributed by atoms with Gasteiger partial charge in [0.05, 0.1) is 0 Å². The highest BCUT2D eigenvalue weighted by molar-refractivity contribution is 5.89. The number of rotatable bonds is 7. The van der Waals surface area contributed by atoms with Gasteiger partial charge in [-0.15, -0.1) is 10.2 Å². The largest absolute Gasteiger partial charge is 0.353 e. The Morgan fingerprint density at radius 1 is 1.07 bits per heavy atom. The first kappa shape index (κ1) is 20.0. The number of aromatic nitrogens is 2. The standard InChI is InChI=1S/C22H29N5O/c1-18(2)17-22(28)23-20-10-11-21(25-24-20)27-15-13-26(14-16-27)12-6-9-19-7-4-3-5-8-19/h3-11,18H,12-17H2,1-2H3,(H,23,24,28)/b9-6+. The molecule has 1 aromatic heterocycles. The first-order valence-corrected chi connectivity index (χ1v) is 9.92. The molecule has 1 saturated heterocycles. The smallest absolute Gasteiger partial charge is 0.225 e. The number of benzene rings is 1. The molecule has 0 radical (unpaired) electrons. The zero-order valence-electron chi connectivity index (χ0n) is 16.7. The van der Waals surface area contributed by atoms with Crippen LogP contribution in [-0.4, -0.2) is 53.7 Å². The quantitative estimate of drug-likeness (QED) is 0.800. The van der Waals surface area contributed by atoms with Crippen molar-refractivity contribution in [3.63, 3.8) is 0 Å². The first-order valence-electron chi connectivity index (χ1n) is 9.92. The number of anilines is 2. The maximum atomic E-state index is 11.8. The van der Waals surface area contributed by atoms with Gasteiger partial charge in [0.2, 0.25) is 5.91 Å². The number of nitrogens with zero attached hydrogens (tertiary/aromatic N) is 4. The fourth-order valence-corrected chi connectivity index (χ4v) is 3.19. The van der Waals surface area contributed by atoms with Crippen LogP contribution in [-0.2, 0) is 4.79 Å². The van der Waals surface area contributed by atoms with Crippen LogP contribution in [0.2, 0.25) is 0 Å². The van der Waals surface area contributed by atoms with Crippen LogP contribution in [0.1, 0.15) is 25.8 Å². The number of piperazine rings is 1. The van der Waals surface area contributed by atoms with Gasteiger partial charge in [0.1, 0.15) is 0 Å². The lowest BCUT2D eigenvalue weighted by molar-refractivity contribution is -0.116. The molecule has 1 aromatic carbocycles. The molecular formula is C22H29N5O. The minimum Gasteiger partial charge on any atom is -0.353 e. The van der Waals surface area contributed by atoms with Gasteiger partial charge in [0.25, 0.3) is 0 Å². The zero-order valence-corrected chi connectivity index (χ0v) is 16.7. The highest BCUT2D eigenvalue weighted by Gasteiger charge is 2.17. The molecule has 6 nitrogen and oxygen atoms in total. The molecule has 28 heavy (non-hydrogen) atoms. The lowest BCUT2D eigenvalue weighted by Gasteiger charge is -2.34. The summed E-state index contributed by atoms with van der Waals surface area (Å²) >= 11 is 0. The molecule has 1 aliphatic rings. The first-order chi connectivity index (χ1) is 13.6. The van der Waals surface area contributed by atoms with Gasteiger partial charge in [-0.25, -0.2) is 0 Å². The highest BCUT2D eigenvalue weighted by Crippen LogP contribution is 2.15. The van der Waals surface area contributed by atoms with Crippen LogP contribution in [0, 0.1) is 5.92 Å². The lowest BCUT2D eigenvalue weighted by Crippen LogP contribution is -2.46. The van der Waals surface area contributed by atoms with Gasteiger partial charge in [-0.1, -0.05) is 56.3 Å². The normalized spacial score (nSPS) is 15.3. The Kier molecular flexibility index (Phi) is 7.14. The number of nitrogens with one attached hydrogen (secondary N) is 1. The summed E-state index contributed by atoms with van der Waals surface area (Å²) in [6.45, 7) is 8.83. The van der Waals surface area contributed by atoms with E-state index in [1.807, 2.05) is 32.0 Å². The molecular weight excluding hydrogens is 350 g/mol. The second kappa shape index (κ2) is 9.99. The summed E-state index contributed by atoms with van der Waals surface area (Å²) in [6.07, 6.45) is 4.88. The minimum atomic E-state index is -0.0192. The van der Waals surface area contributed by atoms with Crippen molar-refractivity contribution in [3.05, 3.63) is 54.1 Å². The number of hydrogen-bond acceptors (Lipinski definition) is 5. The molecule has 2 aromatic rings. The molecule has 3 rings (SSSR count). The van der Waals surface area contributed by atoms with Crippen LogP contribution in [0.15, 0.2) is 48.5 Å². The maximum Gasteiger partial charge on any atom is 0.225 e. The number of carbonyl (C=O) groups excluding carboxylic acids is 1. The van der Waals surface area contributed by atoms with Crippen molar-refractivity contribution in [2.75, 3.05) is 42.9 Å². The Morgan fingerprint density at radius 3 is 2.46 bits per heavy atom. The summed E-state index contributed by atoms with van der Waals surface area (Å²) in [4.78, 5) is 16.5. The summed E-state index contributed by atoms with van der Waals surface area (Å²) in [7, 11) is 0. The number of carbonyl (C=O) groups is 1. The van der Waals surface area contributed by atoms with E-state index in [4.69, 9.17) is 0 Å². The van der Waals surface area contributed by atoms with E-state index in [0.29, 0.717) is 18.2 Å². The van der Waals surface area contributed by atoms with Crippen molar-refractivity contribution in [1.82, 2.24) is 15.1 Å². The van der Waals surface area contributed by atoms with E-state index in [0.717, 1.165) is 38.5 Å². The third kappa shape index (κ3) is 6.16. The topological polar surface area (TPSA) is 61.4 Å². The molecule has 1 N–H and O–H groups in total. The Hall–Kier alpha value is -2.73. The number of hydrogen-bond donors (Lipinski definition) is 1. The second-order valence-electron chi connectivity index (χ2n) is 7.52. The van der Waals surface area contributed by atoms with Gasteiger partial charge in [-0.2, -0.15) is 0 Å². The van der Waals surface area contributed by atoms with Crippen molar-refractivity contribution in [2.24, 2.45) is 5.92 Å². The van der Waals surface area contributed by atoms with E-state index in [2.05, 4.69) is 61.7 Å². The van der Waals surface area contributed by atoms with E-state index in [-0.39, 0.29) is 5.91 Å². The fourth-order valence-electron chi connectivity index (χ4n) is 3.19. The van der Waals surface area contributed by atoms with E-state index in [1.54, 1.807) is 0 Å². The SMILES string of the molecule is CC(C)CC(=O)Nc1ccc(N2CCN(C/C=C/c3ccccc3)CC2)nn1. The van der Waals surface area contributed by atoms with Crippen LogP contribution in [0.4, 0.5) is 11.6 Å². The van der Waals surface area contributed by atoms with Crippen LogP contribution >= 0.6 is 0 Å². The van der Waals surface area contributed by atoms with E-state index < -0.39 is 0 Å². The molecule has 2 heterocycles. The Bertz CT molecular complexity index is 765. The van der Waals surface area contributed by atoms with E-state index >= 15 is 0 Å². The third-order valence-electron chi connectivity index (χ3n) is 4.68. The Morgan fingerprint density at radius 2 is 1.82 bits per heavy atom. The molecule has 0 spiro atoms. The van der Waals surface area contributed by atoms with Gasteiger partial charge in [-0.05, 0) is 23.6 Å². The molecule has 1 amide bonds. The van der Waals surface area contributed by atoms with Crippen LogP contribution < -0.4 is 10.2 Å². The average molecular weight is 380 g/mol. The molecule has 1 aliphatic heterocycles. The molecule has 6 heteroatoms. The maximum absolute atomic E-state index is 11.8. The van der Waals surface area contributed by atoms with Crippen molar-refractivity contribution in [3.8, 4) is 0 Å². The minimum absolute atomic E-state index is 0.0192. The lowest BCUT2D eigenvalue weighted by atomic mass is 10.1. The van der Waals surface area contributed by atoms with Gasteiger partial charge in [-0.3, -0.25) is 9.69 Å². The van der Waals surface area contributed by atoms with E-state index in [9.17, 15) is 4.79 Å². The van der Waals surface area contributed by atoms with Gasteiger partial charge >= 0.3 is 0 Å². The van der Waals surface area contributed by atoms with Gasteiger partial charge in [0, 0.05) is 39.1 Å². The Balaban J connectivity index is 1.44. The van der Waals surface area contributed by atoms with Crippen molar-refractivity contribution in [2.45, 2.75) is 20.3 Å². The molecule has 148 valence electrons. The van der Waals surface area contributed by atoms with E-state index in [1.165, 1.54) is 5.56 Å². The van der Waals surface area contributed by atoms with Gasteiger partial charge in [0.15, 0.2) is 11.6 Å². The highest BCUT2D eigenvalue weighted by atomic mass is 16.1. The summed E-state index contributed by atoms with van der Waals surface area (Å²) in [6, 6.07) is 14.1. The average Bonchev–Trinajstić information content (AvgIpc) is 2.69. The Labute approximate surface area is 167 Å². The van der Waals surface area contributed by atoms with Crippen LogP contribution in [0.25, 0.3) is 6.08 Å². The molecule has 0 bridgehead atoms.